The van der Waals surface area contributed by atoms with Crippen molar-refractivity contribution in [3.63, 3.8) is 0 Å². The number of nitrogens with zero attached hydrogens (tertiary/aromatic N) is 1. The van der Waals surface area contributed by atoms with Crippen molar-refractivity contribution < 1.29 is 19.8 Å². The average Bonchev–Trinajstić information content (AvgIpc) is 2.09. The third-order valence-corrected chi connectivity index (χ3v) is 1.58. The Morgan fingerprint density at radius 2 is 2.14 bits per heavy atom. The van der Waals surface area contributed by atoms with E-state index in [2.05, 4.69) is 5.32 Å². The van der Waals surface area contributed by atoms with Crippen molar-refractivity contribution in [1.29, 1.82) is 0 Å². The second kappa shape index (κ2) is 7.54. The van der Waals surface area contributed by atoms with Gasteiger partial charge in [-0.3, -0.25) is 0 Å². The van der Waals surface area contributed by atoms with Gasteiger partial charge in [0.05, 0.1) is 13.2 Å². The van der Waals surface area contributed by atoms with E-state index in [0.717, 1.165) is 0 Å². The van der Waals surface area contributed by atoms with Gasteiger partial charge in [-0.2, -0.15) is 5.06 Å². The Bertz CT molecular complexity index is 163. The summed E-state index contributed by atoms with van der Waals surface area (Å²) in [7, 11) is 0. The second-order valence-electron chi connectivity index (χ2n) is 3.10. The number of rotatable bonds is 7. The molecular formula is C8H18N2O4. The summed E-state index contributed by atoms with van der Waals surface area (Å²) in [5.74, 6) is 0. The summed E-state index contributed by atoms with van der Waals surface area (Å²) < 4.78 is 5.08. The van der Waals surface area contributed by atoms with Crippen LogP contribution < -0.4 is 5.32 Å². The van der Waals surface area contributed by atoms with Gasteiger partial charge in [-0.15, -0.1) is 0 Å². The average molecular weight is 206 g/mol. The number of amides is 1. The molecule has 0 saturated carbocycles. The van der Waals surface area contributed by atoms with E-state index in [1.165, 1.54) is 5.06 Å². The van der Waals surface area contributed by atoms with Gasteiger partial charge in [0.15, 0.2) is 0 Å². The van der Waals surface area contributed by atoms with Crippen LogP contribution in [0, 0.1) is 0 Å². The second-order valence-corrected chi connectivity index (χ2v) is 3.10. The quantitative estimate of drug-likeness (QED) is 0.414. The van der Waals surface area contributed by atoms with Crippen LogP contribution in [-0.4, -0.2) is 53.8 Å². The molecule has 1 amide bonds. The number of hydroxylamine groups is 2. The minimum Gasteiger partial charge on any atom is -0.465 e. The molecule has 6 nitrogen and oxygen atoms in total. The molecular weight excluding hydrogens is 188 g/mol. The highest BCUT2D eigenvalue weighted by Gasteiger charge is 2.03. The van der Waals surface area contributed by atoms with Gasteiger partial charge in [-0.25, -0.2) is 4.79 Å². The summed E-state index contributed by atoms with van der Waals surface area (Å²) in [4.78, 5) is 10.0. The molecule has 84 valence electrons. The van der Waals surface area contributed by atoms with E-state index in [1.807, 2.05) is 13.8 Å². The number of carbonyl (C=O) groups is 1. The molecule has 0 aliphatic rings. The Labute approximate surface area is 83.4 Å². The van der Waals surface area contributed by atoms with Crippen LogP contribution >= 0.6 is 0 Å². The first kappa shape index (κ1) is 13.2. The van der Waals surface area contributed by atoms with Crippen molar-refractivity contribution in [3.8, 4) is 0 Å². The fourth-order valence-corrected chi connectivity index (χ4v) is 0.748. The Kier molecular flexibility index (Phi) is 7.09. The third kappa shape index (κ3) is 7.78. The van der Waals surface area contributed by atoms with Crippen molar-refractivity contribution in [2.75, 3.05) is 26.3 Å². The molecule has 0 spiro atoms. The molecule has 0 radical (unpaired) electrons. The Balaban J connectivity index is 3.17. The van der Waals surface area contributed by atoms with Gasteiger partial charge in [-0.1, -0.05) is 0 Å². The number of carboxylic acid groups (broad SMARTS) is 1. The molecule has 6 heteroatoms. The van der Waals surface area contributed by atoms with Crippen LogP contribution in [0.15, 0.2) is 0 Å². The van der Waals surface area contributed by atoms with Crippen LogP contribution in [0.25, 0.3) is 0 Å². The summed E-state index contributed by atoms with van der Waals surface area (Å²) in [5, 5.41) is 20.8. The van der Waals surface area contributed by atoms with Crippen LogP contribution in [0.5, 0.6) is 0 Å². The van der Waals surface area contributed by atoms with Crippen molar-refractivity contribution in [2.24, 2.45) is 0 Å². The first-order valence-corrected chi connectivity index (χ1v) is 4.54. The highest BCUT2D eigenvalue weighted by atomic mass is 16.5. The van der Waals surface area contributed by atoms with Crippen LogP contribution in [0.4, 0.5) is 4.79 Å². The maximum atomic E-state index is 10.0. The summed E-state index contributed by atoms with van der Waals surface area (Å²) >= 11 is 0. The molecule has 0 heterocycles. The van der Waals surface area contributed by atoms with Gasteiger partial charge in [0.25, 0.3) is 0 Å². The van der Waals surface area contributed by atoms with Crippen molar-refractivity contribution in [3.05, 3.63) is 0 Å². The lowest BCUT2D eigenvalue weighted by Gasteiger charge is -2.18. The zero-order valence-electron chi connectivity index (χ0n) is 8.56. The maximum Gasteiger partial charge on any atom is 0.404 e. The number of hydrogen-bond donors (Lipinski definition) is 3. The Hall–Kier alpha value is -0.850. The highest BCUT2D eigenvalue weighted by Crippen LogP contribution is 1.91. The fraction of sp³-hybridized carbons (Fsp3) is 0.875. The molecule has 0 aromatic heterocycles. The summed E-state index contributed by atoms with van der Waals surface area (Å²) in [5.41, 5.74) is 0. The van der Waals surface area contributed by atoms with E-state index in [4.69, 9.17) is 9.84 Å². The molecule has 0 aliphatic carbocycles. The minimum atomic E-state index is -1.06. The highest BCUT2D eigenvalue weighted by molar-refractivity contribution is 5.64. The van der Waals surface area contributed by atoms with Gasteiger partial charge >= 0.3 is 6.09 Å². The Morgan fingerprint density at radius 1 is 1.50 bits per heavy atom. The summed E-state index contributed by atoms with van der Waals surface area (Å²) in [6, 6.07) is 0.0655. The van der Waals surface area contributed by atoms with Gasteiger partial charge < -0.3 is 20.4 Å². The van der Waals surface area contributed by atoms with Gasteiger partial charge in [0, 0.05) is 19.1 Å². The van der Waals surface area contributed by atoms with E-state index in [-0.39, 0.29) is 12.6 Å². The van der Waals surface area contributed by atoms with Crippen LogP contribution in [0.1, 0.15) is 13.8 Å². The molecule has 0 rings (SSSR count). The van der Waals surface area contributed by atoms with Crippen molar-refractivity contribution in [2.45, 2.75) is 19.9 Å². The summed E-state index contributed by atoms with van der Waals surface area (Å²) in [6.45, 7) is 5.12. The minimum absolute atomic E-state index is 0.0655. The normalized spacial score (nSPS) is 10.9. The largest absolute Gasteiger partial charge is 0.465 e. The fourth-order valence-electron chi connectivity index (χ4n) is 0.748. The van der Waals surface area contributed by atoms with E-state index in [0.29, 0.717) is 19.8 Å². The maximum absolute atomic E-state index is 10.0. The number of hydrogen-bond acceptors (Lipinski definition) is 4. The lowest BCUT2D eigenvalue weighted by atomic mass is 10.4. The molecule has 0 aromatic carbocycles. The van der Waals surface area contributed by atoms with E-state index >= 15 is 0 Å². The number of ether oxygens (including phenoxy) is 1. The molecule has 0 aliphatic heterocycles. The molecule has 0 unspecified atom stereocenters. The molecule has 0 fully saturated rings. The zero-order chi connectivity index (χ0) is 11.0. The third-order valence-electron chi connectivity index (χ3n) is 1.58. The van der Waals surface area contributed by atoms with Gasteiger partial charge in [-0.05, 0) is 13.8 Å². The predicted molar refractivity (Wildman–Crippen MR) is 50.5 cm³/mol. The van der Waals surface area contributed by atoms with Crippen LogP contribution in [-0.2, 0) is 4.74 Å². The first-order valence-electron chi connectivity index (χ1n) is 4.54. The van der Waals surface area contributed by atoms with Crippen LogP contribution in [0.2, 0.25) is 0 Å². The lowest BCUT2D eigenvalue weighted by molar-refractivity contribution is -0.127. The van der Waals surface area contributed by atoms with Crippen LogP contribution in [0.3, 0.4) is 0 Å². The first-order chi connectivity index (χ1) is 6.54. The molecule has 0 atom stereocenters. The van der Waals surface area contributed by atoms with Gasteiger partial charge in [0.2, 0.25) is 0 Å². The summed E-state index contributed by atoms with van der Waals surface area (Å²) in [6.07, 6.45) is -1.06. The zero-order valence-corrected chi connectivity index (χ0v) is 8.56. The predicted octanol–water partition coefficient (Wildman–Crippen LogP) is 0.370. The molecule has 0 bridgehead atoms. The van der Waals surface area contributed by atoms with Gasteiger partial charge in [0.1, 0.15) is 0 Å². The molecule has 14 heavy (non-hydrogen) atoms. The van der Waals surface area contributed by atoms with Crippen molar-refractivity contribution >= 4 is 6.09 Å². The van der Waals surface area contributed by atoms with E-state index in [1.54, 1.807) is 0 Å². The molecule has 0 aromatic rings. The molecule has 0 saturated heterocycles. The monoisotopic (exact) mass is 206 g/mol. The van der Waals surface area contributed by atoms with E-state index < -0.39 is 6.09 Å². The SMILES string of the molecule is CC(C)N(O)CCOCCNC(=O)O. The molecule has 3 N–H and O–H groups in total. The smallest absolute Gasteiger partial charge is 0.404 e. The Morgan fingerprint density at radius 3 is 2.64 bits per heavy atom. The van der Waals surface area contributed by atoms with E-state index in [9.17, 15) is 10.0 Å². The lowest BCUT2D eigenvalue weighted by Crippen LogP contribution is -2.31. The standard InChI is InChI=1S/C8H18N2O4/c1-7(2)10(13)4-6-14-5-3-9-8(11)12/h7,9,13H,3-6H2,1-2H3,(H,11,12). The van der Waals surface area contributed by atoms with Crippen molar-refractivity contribution in [1.82, 2.24) is 10.4 Å². The topological polar surface area (TPSA) is 82.0 Å². The number of nitrogens with one attached hydrogen (secondary N) is 1.